The highest BCUT2D eigenvalue weighted by Gasteiger charge is 2.35. The molecule has 4 nitrogen and oxygen atoms in total. The largest absolute Gasteiger partial charge is 0.338 e. The number of hydrogen-bond donors (Lipinski definition) is 0. The van der Waals surface area contributed by atoms with Gasteiger partial charge in [-0.15, -0.1) is 11.3 Å². The van der Waals surface area contributed by atoms with Crippen LogP contribution in [0.2, 0.25) is 0 Å². The molecule has 0 radical (unpaired) electrons. The summed E-state index contributed by atoms with van der Waals surface area (Å²) in [4.78, 5) is 22.4. The molecule has 22 heavy (non-hydrogen) atoms. The van der Waals surface area contributed by atoms with Crippen molar-refractivity contribution >= 4 is 17.2 Å². The lowest BCUT2D eigenvalue weighted by Crippen LogP contribution is -2.43. The van der Waals surface area contributed by atoms with Crippen LogP contribution in [-0.2, 0) is 11.3 Å². The number of aromatic nitrogens is 1. The van der Waals surface area contributed by atoms with E-state index in [-0.39, 0.29) is 5.91 Å². The van der Waals surface area contributed by atoms with Gasteiger partial charge in [0.15, 0.2) is 0 Å². The third-order valence-corrected chi connectivity index (χ3v) is 6.06. The van der Waals surface area contributed by atoms with Gasteiger partial charge in [0.2, 0.25) is 5.91 Å². The van der Waals surface area contributed by atoms with Gasteiger partial charge in [-0.3, -0.25) is 9.69 Å². The molecule has 2 aliphatic rings. The van der Waals surface area contributed by atoms with Crippen molar-refractivity contribution in [3.05, 3.63) is 16.1 Å². The van der Waals surface area contributed by atoms with E-state index in [2.05, 4.69) is 28.6 Å². The summed E-state index contributed by atoms with van der Waals surface area (Å²) < 4.78 is 0. The summed E-state index contributed by atoms with van der Waals surface area (Å²) in [6.45, 7) is 9.14. The zero-order chi connectivity index (χ0) is 15.7. The van der Waals surface area contributed by atoms with Crippen molar-refractivity contribution < 1.29 is 4.79 Å². The second kappa shape index (κ2) is 6.67. The van der Waals surface area contributed by atoms with Crippen LogP contribution in [0.15, 0.2) is 6.20 Å². The highest BCUT2D eigenvalue weighted by Crippen LogP contribution is 2.30. The number of hydrogen-bond acceptors (Lipinski definition) is 4. The van der Waals surface area contributed by atoms with E-state index < -0.39 is 0 Å². The van der Waals surface area contributed by atoms with Crippen LogP contribution in [0.1, 0.15) is 62.3 Å². The lowest BCUT2D eigenvalue weighted by atomic mass is 10.2. The smallest absolute Gasteiger partial charge is 0.219 e. The Kier molecular flexibility index (Phi) is 4.83. The fourth-order valence-electron chi connectivity index (χ4n) is 3.30. The van der Waals surface area contributed by atoms with Gasteiger partial charge in [-0.2, -0.15) is 0 Å². The van der Waals surface area contributed by atoms with Gasteiger partial charge in [0.1, 0.15) is 5.01 Å². The van der Waals surface area contributed by atoms with E-state index in [1.54, 1.807) is 6.92 Å². The number of thiazole rings is 1. The Balaban J connectivity index is 1.61. The van der Waals surface area contributed by atoms with E-state index in [0.29, 0.717) is 18.0 Å². The van der Waals surface area contributed by atoms with Crippen molar-refractivity contribution in [2.75, 3.05) is 13.1 Å². The van der Waals surface area contributed by atoms with Crippen LogP contribution >= 0.6 is 11.3 Å². The lowest BCUT2D eigenvalue weighted by molar-refractivity contribution is -0.130. The topological polar surface area (TPSA) is 36.4 Å². The number of carbonyl (C=O) groups excluding carboxylic acids is 1. The zero-order valence-electron chi connectivity index (χ0n) is 13.9. The van der Waals surface area contributed by atoms with Gasteiger partial charge in [0.25, 0.3) is 0 Å². The van der Waals surface area contributed by atoms with E-state index in [0.717, 1.165) is 19.6 Å². The maximum Gasteiger partial charge on any atom is 0.219 e. The van der Waals surface area contributed by atoms with Gasteiger partial charge in [-0.1, -0.05) is 13.8 Å². The highest BCUT2D eigenvalue weighted by molar-refractivity contribution is 7.11. The Morgan fingerprint density at radius 2 is 2.23 bits per heavy atom. The summed E-state index contributed by atoms with van der Waals surface area (Å²) in [6.07, 6.45) is 6.86. The van der Waals surface area contributed by atoms with Crippen molar-refractivity contribution in [3.63, 3.8) is 0 Å². The van der Waals surface area contributed by atoms with Gasteiger partial charge in [0, 0.05) is 36.6 Å². The molecule has 1 aliphatic carbocycles. The Morgan fingerprint density at radius 1 is 1.45 bits per heavy atom. The Hall–Kier alpha value is -0.940. The molecule has 122 valence electrons. The van der Waals surface area contributed by atoms with Crippen molar-refractivity contribution in [2.45, 2.75) is 71.0 Å². The molecule has 2 heterocycles. The molecular weight excluding hydrogens is 294 g/mol. The predicted molar refractivity (Wildman–Crippen MR) is 90.0 cm³/mol. The molecule has 1 aromatic rings. The maximum absolute atomic E-state index is 11.9. The quantitative estimate of drug-likeness (QED) is 0.807. The van der Waals surface area contributed by atoms with Gasteiger partial charge >= 0.3 is 0 Å². The van der Waals surface area contributed by atoms with Crippen LogP contribution < -0.4 is 0 Å². The molecule has 5 heteroatoms. The Morgan fingerprint density at radius 3 is 2.82 bits per heavy atom. The van der Waals surface area contributed by atoms with Gasteiger partial charge in [-0.25, -0.2) is 4.98 Å². The molecule has 1 amide bonds. The summed E-state index contributed by atoms with van der Waals surface area (Å²) in [6, 6.07) is 1.03. The monoisotopic (exact) mass is 321 g/mol. The first-order valence-corrected chi connectivity index (χ1v) is 9.32. The minimum absolute atomic E-state index is 0.241. The first-order valence-electron chi connectivity index (χ1n) is 8.50. The van der Waals surface area contributed by atoms with Crippen LogP contribution in [0, 0.1) is 0 Å². The highest BCUT2D eigenvalue weighted by atomic mass is 32.1. The molecule has 0 unspecified atom stereocenters. The van der Waals surface area contributed by atoms with Crippen LogP contribution in [0.4, 0.5) is 0 Å². The van der Waals surface area contributed by atoms with Gasteiger partial charge < -0.3 is 4.90 Å². The predicted octanol–water partition coefficient (Wildman–Crippen LogP) is 3.24. The van der Waals surface area contributed by atoms with E-state index in [9.17, 15) is 4.79 Å². The molecule has 3 rings (SSSR count). The average molecular weight is 321 g/mol. The standard InChI is InChI=1S/C17H27N3OS/c1-12(2)16-9-18-17(22-16)11-19-8-4-5-15(19)10-20(13(3)21)14-6-7-14/h9,12,14-15H,4-8,10-11H2,1-3H3/t15-/m0/s1. The zero-order valence-corrected chi connectivity index (χ0v) is 14.7. The molecule has 1 atom stereocenters. The number of likely N-dealkylation sites (tertiary alicyclic amines) is 1. The minimum Gasteiger partial charge on any atom is -0.338 e. The number of nitrogens with zero attached hydrogens (tertiary/aromatic N) is 3. The molecular formula is C17H27N3OS. The first-order chi connectivity index (χ1) is 10.5. The van der Waals surface area contributed by atoms with Crippen LogP contribution in [0.25, 0.3) is 0 Å². The number of amides is 1. The Labute approximate surface area is 137 Å². The van der Waals surface area contributed by atoms with Crippen LogP contribution in [0.5, 0.6) is 0 Å². The minimum atomic E-state index is 0.241. The molecule has 1 aromatic heterocycles. The fraction of sp³-hybridized carbons (Fsp3) is 0.765. The van der Waals surface area contributed by atoms with Gasteiger partial charge in [-0.05, 0) is 38.1 Å². The van der Waals surface area contributed by atoms with E-state index in [1.165, 1.54) is 35.6 Å². The second-order valence-corrected chi connectivity index (χ2v) is 8.13. The second-order valence-electron chi connectivity index (χ2n) is 6.98. The van der Waals surface area contributed by atoms with E-state index >= 15 is 0 Å². The van der Waals surface area contributed by atoms with Crippen molar-refractivity contribution in [2.24, 2.45) is 0 Å². The summed E-state index contributed by atoms with van der Waals surface area (Å²) >= 11 is 1.84. The normalized spacial score (nSPS) is 22.5. The third-order valence-electron chi connectivity index (χ3n) is 4.78. The Bertz CT molecular complexity index is 524. The van der Waals surface area contributed by atoms with Crippen LogP contribution in [-0.4, -0.2) is 45.9 Å². The van der Waals surface area contributed by atoms with Crippen molar-refractivity contribution in [1.82, 2.24) is 14.8 Å². The van der Waals surface area contributed by atoms with Crippen molar-refractivity contribution in [1.29, 1.82) is 0 Å². The van der Waals surface area contributed by atoms with Gasteiger partial charge in [0.05, 0.1) is 6.54 Å². The lowest BCUT2D eigenvalue weighted by Gasteiger charge is -2.30. The van der Waals surface area contributed by atoms with Crippen molar-refractivity contribution in [3.8, 4) is 0 Å². The maximum atomic E-state index is 11.9. The molecule has 1 saturated heterocycles. The average Bonchev–Trinajstić information content (AvgIpc) is 3.02. The molecule has 0 aromatic carbocycles. The number of carbonyl (C=O) groups is 1. The molecule has 2 fully saturated rings. The molecule has 0 bridgehead atoms. The summed E-state index contributed by atoms with van der Waals surface area (Å²) in [7, 11) is 0. The summed E-state index contributed by atoms with van der Waals surface area (Å²) in [5.41, 5.74) is 0. The molecule has 1 saturated carbocycles. The third kappa shape index (κ3) is 3.69. The van der Waals surface area contributed by atoms with Crippen LogP contribution in [0.3, 0.4) is 0 Å². The fourth-order valence-corrected chi connectivity index (χ4v) is 4.25. The molecule has 1 aliphatic heterocycles. The van der Waals surface area contributed by atoms with E-state index in [1.807, 2.05) is 17.5 Å². The molecule has 0 spiro atoms. The summed E-state index contributed by atoms with van der Waals surface area (Å²) in [5.74, 6) is 0.800. The summed E-state index contributed by atoms with van der Waals surface area (Å²) in [5, 5.41) is 1.22. The first kappa shape index (κ1) is 15.9. The SMILES string of the molecule is CC(=O)N(C[C@@H]1CCCN1Cc1ncc(C(C)C)s1)C1CC1. The molecule has 0 N–H and O–H groups in total. The van der Waals surface area contributed by atoms with E-state index in [4.69, 9.17) is 0 Å². The number of rotatable bonds is 6.